The van der Waals surface area contributed by atoms with Crippen molar-refractivity contribution in [2.24, 2.45) is 11.8 Å². The molecule has 1 aliphatic carbocycles. The van der Waals surface area contributed by atoms with Gasteiger partial charge in [-0.2, -0.15) is 0 Å². The summed E-state index contributed by atoms with van der Waals surface area (Å²) in [5.41, 5.74) is 0. The lowest BCUT2D eigenvalue weighted by atomic mass is 9.78. The largest absolute Gasteiger partial charge is 0.395 e. The maximum absolute atomic E-state index is 8.96. The predicted molar refractivity (Wildman–Crippen MR) is 75.7 cm³/mol. The first-order chi connectivity index (χ1) is 8.74. The number of hydrogen-bond donors (Lipinski definition) is 2. The Hall–Kier alpha value is -0.120. The molecule has 0 radical (unpaired) electrons. The highest BCUT2D eigenvalue weighted by atomic mass is 16.3. The van der Waals surface area contributed by atoms with Crippen molar-refractivity contribution in [3.05, 3.63) is 0 Å². The van der Waals surface area contributed by atoms with Gasteiger partial charge in [0.25, 0.3) is 0 Å². The minimum Gasteiger partial charge on any atom is -0.395 e. The summed E-state index contributed by atoms with van der Waals surface area (Å²) in [7, 11) is 0. The first kappa shape index (κ1) is 14.3. The van der Waals surface area contributed by atoms with Gasteiger partial charge in [-0.1, -0.05) is 20.3 Å². The highest BCUT2D eigenvalue weighted by Crippen LogP contribution is 2.35. The molecule has 2 fully saturated rings. The molecule has 2 N–H and O–H groups in total. The molecule has 0 bridgehead atoms. The third kappa shape index (κ3) is 3.46. The number of rotatable bonds is 6. The maximum atomic E-state index is 8.96. The third-order valence-electron chi connectivity index (χ3n) is 4.85. The van der Waals surface area contributed by atoms with Crippen molar-refractivity contribution in [3.8, 4) is 0 Å². The zero-order valence-corrected chi connectivity index (χ0v) is 12.1. The van der Waals surface area contributed by atoms with Crippen LogP contribution in [-0.2, 0) is 0 Å². The van der Waals surface area contributed by atoms with E-state index in [1.165, 1.54) is 45.2 Å². The van der Waals surface area contributed by atoms with E-state index >= 15 is 0 Å². The van der Waals surface area contributed by atoms with Crippen LogP contribution in [0.4, 0.5) is 0 Å². The lowest BCUT2D eigenvalue weighted by Gasteiger charge is -2.48. The van der Waals surface area contributed by atoms with E-state index in [9.17, 15) is 0 Å². The Bertz CT molecular complexity index is 247. The van der Waals surface area contributed by atoms with Gasteiger partial charge in [0.15, 0.2) is 0 Å². The van der Waals surface area contributed by atoms with Crippen LogP contribution in [-0.4, -0.2) is 48.3 Å². The number of piperidine rings is 1. The topological polar surface area (TPSA) is 35.5 Å². The summed E-state index contributed by atoms with van der Waals surface area (Å²) in [6.07, 6.45) is 6.76. The molecule has 1 saturated carbocycles. The molecule has 1 heterocycles. The van der Waals surface area contributed by atoms with Crippen LogP contribution >= 0.6 is 0 Å². The number of likely N-dealkylation sites (tertiary alicyclic amines) is 1. The van der Waals surface area contributed by atoms with Crippen LogP contribution in [0.15, 0.2) is 0 Å². The van der Waals surface area contributed by atoms with Crippen LogP contribution in [0, 0.1) is 11.8 Å². The second-order valence-electron chi connectivity index (χ2n) is 6.34. The summed E-state index contributed by atoms with van der Waals surface area (Å²) in [5, 5.41) is 12.5. The summed E-state index contributed by atoms with van der Waals surface area (Å²) < 4.78 is 0. The molecule has 1 aliphatic heterocycles. The van der Waals surface area contributed by atoms with E-state index in [2.05, 4.69) is 24.1 Å². The second kappa shape index (κ2) is 6.88. The lowest BCUT2D eigenvalue weighted by molar-refractivity contribution is 0.0205. The normalized spacial score (nSPS) is 37.5. The summed E-state index contributed by atoms with van der Waals surface area (Å²) in [6.45, 7) is 8.19. The summed E-state index contributed by atoms with van der Waals surface area (Å²) in [6, 6.07) is 1.43. The number of nitrogens with zero attached hydrogens (tertiary/aromatic N) is 1. The monoisotopic (exact) mass is 254 g/mol. The fourth-order valence-electron chi connectivity index (χ4n) is 3.74. The van der Waals surface area contributed by atoms with Crippen LogP contribution in [0.25, 0.3) is 0 Å². The summed E-state index contributed by atoms with van der Waals surface area (Å²) in [4.78, 5) is 2.73. The molecule has 18 heavy (non-hydrogen) atoms. The average Bonchev–Trinajstić information content (AvgIpc) is 2.35. The van der Waals surface area contributed by atoms with Gasteiger partial charge in [0.2, 0.25) is 0 Å². The van der Waals surface area contributed by atoms with E-state index in [0.29, 0.717) is 6.04 Å². The Balaban J connectivity index is 1.88. The Labute approximate surface area is 112 Å². The van der Waals surface area contributed by atoms with Crippen LogP contribution in [0.2, 0.25) is 0 Å². The van der Waals surface area contributed by atoms with Crippen molar-refractivity contribution in [3.63, 3.8) is 0 Å². The molecule has 2 aliphatic rings. The smallest absolute Gasteiger partial charge is 0.0556 e. The van der Waals surface area contributed by atoms with Crippen molar-refractivity contribution >= 4 is 0 Å². The fraction of sp³-hybridized carbons (Fsp3) is 1.00. The van der Waals surface area contributed by atoms with Gasteiger partial charge in [-0.15, -0.1) is 0 Å². The summed E-state index contributed by atoms with van der Waals surface area (Å²) >= 11 is 0. The molecular weight excluding hydrogens is 224 g/mol. The maximum Gasteiger partial charge on any atom is 0.0556 e. The Morgan fingerprint density at radius 1 is 1.28 bits per heavy atom. The van der Waals surface area contributed by atoms with Crippen LogP contribution in [0.5, 0.6) is 0 Å². The zero-order valence-electron chi connectivity index (χ0n) is 12.1. The van der Waals surface area contributed by atoms with Gasteiger partial charge in [0.05, 0.1) is 6.61 Å². The highest BCUT2D eigenvalue weighted by Gasteiger charge is 2.37. The minimum absolute atomic E-state index is 0.259. The Morgan fingerprint density at radius 2 is 2.11 bits per heavy atom. The van der Waals surface area contributed by atoms with Crippen molar-refractivity contribution in [1.29, 1.82) is 0 Å². The van der Waals surface area contributed by atoms with Gasteiger partial charge in [0, 0.05) is 31.7 Å². The third-order valence-corrected chi connectivity index (χ3v) is 4.85. The van der Waals surface area contributed by atoms with Gasteiger partial charge in [-0.25, -0.2) is 0 Å². The molecule has 3 nitrogen and oxygen atoms in total. The molecule has 106 valence electrons. The first-order valence-corrected chi connectivity index (χ1v) is 7.82. The molecule has 3 heteroatoms. The summed E-state index contributed by atoms with van der Waals surface area (Å²) in [5.74, 6) is 1.75. The predicted octanol–water partition coefficient (Wildman–Crippen LogP) is 1.86. The second-order valence-corrected chi connectivity index (χ2v) is 6.34. The molecule has 0 amide bonds. The van der Waals surface area contributed by atoms with Crippen molar-refractivity contribution < 1.29 is 5.11 Å². The number of aliphatic hydroxyl groups is 1. The molecule has 0 aromatic heterocycles. The van der Waals surface area contributed by atoms with Crippen molar-refractivity contribution in [1.82, 2.24) is 10.2 Å². The zero-order chi connectivity index (χ0) is 13.0. The number of nitrogens with one attached hydrogen (secondary N) is 1. The van der Waals surface area contributed by atoms with E-state index in [1.807, 2.05) is 0 Å². The van der Waals surface area contributed by atoms with E-state index in [0.717, 1.165) is 24.4 Å². The van der Waals surface area contributed by atoms with Gasteiger partial charge < -0.3 is 10.4 Å². The van der Waals surface area contributed by atoms with Gasteiger partial charge >= 0.3 is 0 Å². The molecule has 0 aromatic rings. The Kier molecular flexibility index (Phi) is 5.46. The van der Waals surface area contributed by atoms with E-state index in [1.54, 1.807) is 0 Å². The van der Waals surface area contributed by atoms with Crippen molar-refractivity contribution in [2.45, 2.75) is 58.0 Å². The number of hydrogen-bond acceptors (Lipinski definition) is 3. The van der Waals surface area contributed by atoms with Crippen LogP contribution < -0.4 is 5.32 Å². The standard InChI is InChI=1S/C15H30N2O/c1-3-4-13-9-14(16-7-8-18)11-17(10-13)15-6-5-12(15)2/h12-16,18H,3-11H2,1-2H3. The molecule has 2 rings (SSSR count). The number of aliphatic hydroxyl groups excluding tert-OH is 1. The molecule has 1 saturated heterocycles. The molecule has 0 aromatic carbocycles. The average molecular weight is 254 g/mol. The molecule has 4 atom stereocenters. The van der Waals surface area contributed by atoms with Gasteiger partial charge in [-0.3, -0.25) is 4.90 Å². The lowest BCUT2D eigenvalue weighted by Crippen LogP contribution is -2.56. The van der Waals surface area contributed by atoms with E-state index in [4.69, 9.17) is 5.11 Å². The SMILES string of the molecule is CCCC1CC(NCCO)CN(C2CCC2C)C1. The molecule has 0 spiro atoms. The van der Waals surface area contributed by atoms with Crippen molar-refractivity contribution in [2.75, 3.05) is 26.2 Å². The highest BCUT2D eigenvalue weighted by molar-refractivity contribution is 4.92. The van der Waals surface area contributed by atoms with Crippen LogP contribution in [0.1, 0.15) is 46.0 Å². The molecular formula is C15H30N2O. The van der Waals surface area contributed by atoms with Crippen LogP contribution in [0.3, 0.4) is 0 Å². The van der Waals surface area contributed by atoms with E-state index in [-0.39, 0.29) is 6.61 Å². The molecule has 4 unspecified atom stereocenters. The van der Waals surface area contributed by atoms with E-state index < -0.39 is 0 Å². The minimum atomic E-state index is 0.259. The Morgan fingerprint density at radius 3 is 2.67 bits per heavy atom. The van der Waals surface area contributed by atoms with Gasteiger partial charge in [0.1, 0.15) is 0 Å². The first-order valence-electron chi connectivity index (χ1n) is 7.82. The quantitative estimate of drug-likeness (QED) is 0.759. The van der Waals surface area contributed by atoms with Gasteiger partial charge in [-0.05, 0) is 37.5 Å². The fourth-order valence-corrected chi connectivity index (χ4v) is 3.74.